The second-order valence-electron chi connectivity index (χ2n) is 6.35. The van der Waals surface area contributed by atoms with E-state index in [1.54, 1.807) is 0 Å². The third kappa shape index (κ3) is 4.72. The molecule has 1 fully saturated rings. The Labute approximate surface area is 156 Å². The number of amides is 2. The number of carbonyl (C=O) groups is 2. The lowest BCUT2D eigenvalue weighted by Crippen LogP contribution is -2.31. The number of hydrogen-bond acceptors (Lipinski definition) is 5. The number of nitrogens with zero attached hydrogens (tertiary/aromatic N) is 2. The van der Waals surface area contributed by atoms with Crippen molar-refractivity contribution < 1.29 is 14.7 Å². The summed E-state index contributed by atoms with van der Waals surface area (Å²) in [6.45, 7) is 4.02. The average Bonchev–Trinajstić information content (AvgIpc) is 3.03. The van der Waals surface area contributed by atoms with E-state index in [9.17, 15) is 9.59 Å². The number of aryl methyl sites for hydroxylation is 1. The molecule has 1 aromatic carbocycles. The zero-order valence-corrected chi connectivity index (χ0v) is 15.4. The van der Waals surface area contributed by atoms with E-state index >= 15 is 0 Å². The number of anilines is 3. The molecule has 0 radical (unpaired) electrons. The van der Waals surface area contributed by atoms with Gasteiger partial charge < -0.3 is 15.3 Å². The van der Waals surface area contributed by atoms with E-state index < -0.39 is 5.97 Å². The van der Waals surface area contributed by atoms with Crippen LogP contribution in [-0.4, -0.2) is 35.2 Å². The van der Waals surface area contributed by atoms with Crippen LogP contribution in [-0.2, 0) is 11.2 Å². The molecule has 2 aromatic rings. The minimum Gasteiger partial charge on any atom is -0.481 e. The molecule has 1 saturated heterocycles. The molecule has 26 heavy (non-hydrogen) atoms. The highest BCUT2D eigenvalue weighted by molar-refractivity contribution is 7.15. The third-order valence-electron chi connectivity index (χ3n) is 4.20. The van der Waals surface area contributed by atoms with Crippen LogP contribution in [0.15, 0.2) is 24.4 Å². The molecule has 3 N–H and O–H groups in total. The number of benzene rings is 1. The Kier molecular flexibility index (Phi) is 5.72. The molecule has 138 valence electrons. The summed E-state index contributed by atoms with van der Waals surface area (Å²) < 4.78 is 0. The van der Waals surface area contributed by atoms with Crippen LogP contribution < -0.4 is 15.5 Å². The van der Waals surface area contributed by atoms with Gasteiger partial charge >= 0.3 is 12.0 Å². The number of carbonyl (C=O) groups excluding carboxylic acids is 1. The molecule has 1 aliphatic heterocycles. The van der Waals surface area contributed by atoms with Gasteiger partial charge in [-0.25, -0.2) is 9.78 Å². The largest absolute Gasteiger partial charge is 0.481 e. The first kappa shape index (κ1) is 18.2. The number of carboxylic acids is 1. The zero-order chi connectivity index (χ0) is 18.5. The Hall–Kier alpha value is -2.61. The average molecular weight is 374 g/mol. The van der Waals surface area contributed by atoms with Crippen molar-refractivity contribution in [2.45, 2.75) is 32.6 Å². The molecule has 3 rings (SSSR count). The number of hydrogen-bond donors (Lipinski definition) is 3. The smallest absolute Gasteiger partial charge is 0.325 e. The van der Waals surface area contributed by atoms with Crippen LogP contribution in [0, 0.1) is 6.92 Å². The maximum Gasteiger partial charge on any atom is 0.325 e. The van der Waals surface area contributed by atoms with Crippen LogP contribution in [0.5, 0.6) is 0 Å². The highest BCUT2D eigenvalue weighted by Gasteiger charge is 2.17. The fourth-order valence-electron chi connectivity index (χ4n) is 2.99. The van der Waals surface area contributed by atoms with Gasteiger partial charge in [-0.3, -0.25) is 10.1 Å². The summed E-state index contributed by atoms with van der Waals surface area (Å²) in [6, 6.07) is 5.59. The molecule has 8 heteroatoms. The normalized spacial score (nSPS) is 14.1. The van der Waals surface area contributed by atoms with E-state index in [0.29, 0.717) is 10.0 Å². The summed E-state index contributed by atoms with van der Waals surface area (Å²) in [7, 11) is 0. The molecule has 1 aliphatic rings. The minimum absolute atomic E-state index is 0.0992. The molecule has 0 bridgehead atoms. The van der Waals surface area contributed by atoms with Gasteiger partial charge in [-0.1, -0.05) is 6.07 Å². The minimum atomic E-state index is -0.921. The molecule has 0 aliphatic carbocycles. The van der Waals surface area contributed by atoms with Gasteiger partial charge in [-0.15, -0.1) is 11.3 Å². The van der Waals surface area contributed by atoms with E-state index in [4.69, 9.17) is 5.11 Å². The Morgan fingerprint density at radius 2 is 2.00 bits per heavy atom. The Bertz CT molecular complexity index is 799. The lowest BCUT2D eigenvalue weighted by Gasteiger charge is -2.30. The van der Waals surface area contributed by atoms with Crippen LogP contribution in [0.2, 0.25) is 0 Å². The topological polar surface area (TPSA) is 94.6 Å². The molecule has 0 unspecified atom stereocenters. The van der Waals surface area contributed by atoms with Crippen molar-refractivity contribution in [3.05, 3.63) is 34.8 Å². The number of carboxylic acid groups (broad SMARTS) is 1. The quantitative estimate of drug-likeness (QED) is 0.742. The van der Waals surface area contributed by atoms with Gasteiger partial charge in [0.1, 0.15) is 0 Å². The summed E-state index contributed by atoms with van der Waals surface area (Å²) in [5.74, 6) is -0.921. The van der Waals surface area contributed by atoms with Crippen molar-refractivity contribution in [1.29, 1.82) is 0 Å². The number of aromatic nitrogens is 1. The summed E-state index contributed by atoms with van der Waals surface area (Å²) >= 11 is 1.16. The van der Waals surface area contributed by atoms with E-state index in [-0.39, 0.29) is 12.5 Å². The number of piperidine rings is 1. The summed E-state index contributed by atoms with van der Waals surface area (Å²) in [5.41, 5.74) is 2.94. The number of rotatable bonds is 5. The van der Waals surface area contributed by atoms with Crippen molar-refractivity contribution in [1.82, 2.24) is 4.98 Å². The molecule has 1 aromatic heterocycles. The van der Waals surface area contributed by atoms with Gasteiger partial charge in [0, 0.05) is 24.2 Å². The molecule has 0 atom stereocenters. The maximum atomic E-state index is 12.3. The Morgan fingerprint density at radius 3 is 2.73 bits per heavy atom. The second kappa shape index (κ2) is 8.18. The maximum absolute atomic E-state index is 12.3. The fourth-order valence-corrected chi connectivity index (χ4v) is 3.79. The van der Waals surface area contributed by atoms with E-state index in [2.05, 4.69) is 26.6 Å². The summed E-state index contributed by atoms with van der Waals surface area (Å²) in [6.07, 6.45) is 4.93. The van der Waals surface area contributed by atoms with Crippen molar-refractivity contribution in [3.63, 3.8) is 0 Å². The van der Waals surface area contributed by atoms with Crippen LogP contribution in [0.1, 0.15) is 29.7 Å². The van der Waals surface area contributed by atoms with E-state index in [0.717, 1.165) is 54.2 Å². The second-order valence-corrected chi connectivity index (χ2v) is 7.46. The van der Waals surface area contributed by atoms with Crippen molar-refractivity contribution in [2.24, 2.45) is 0 Å². The first-order valence-corrected chi connectivity index (χ1v) is 9.43. The SMILES string of the molecule is Cc1ccc(NC(=O)Nc2ncc(CC(=O)O)s2)c(N2CCCCC2)c1. The van der Waals surface area contributed by atoms with Crippen molar-refractivity contribution >= 4 is 39.8 Å². The number of aliphatic carboxylic acids is 1. The lowest BCUT2D eigenvalue weighted by atomic mass is 10.1. The van der Waals surface area contributed by atoms with E-state index in [1.165, 1.54) is 12.6 Å². The van der Waals surface area contributed by atoms with Gasteiger partial charge in [0.25, 0.3) is 0 Å². The van der Waals surface area contributed by atoms with Crippen molar-refractivity contribution in [2.75, 3.05) is 28.6 Å². The zero-order valence-electron chi connectivity index (χ0n) is 14.6. The Morgan fingerprint density at radius 1 is 1.23 bits per heavy atom. The van der Waals surface area contributed by atoms with Gasteiger partial charge in [0.15, 0.2) is 5.13 Å². The molecule has 2 amide bonds. The van der Waals surface area contributed by atoms with Crippen LogP contribution in [0.25, 0.3) is 0 Å². The molecule has 2 heterocycles. The Balaban J connectivity index is 1.68. The summed E-state index contributed by atoms with van der Waals surface area (Å²) in [4.78, 5) is 30.0. The summed E-state index contributed by atoms with van der Waals surface area (Å²) in [5, 5.41) is 14.8. The first-order chi connectivity index (χ1) is 12.5. The number of nitrogens with one attached hydrogen (secondary N) is 2. The molecule has 7 nitrogen and oxygen atoms in total. The highest BCUT2D eigenvalue weighted by Crippen LogP contribution is 2.30. The predicted molar refractivity (Wildman–Crippen MR) is 103 cm³/mol. The monoisotopic (exact) mass is 374 g/mol. The van der Waals surface area contributed by atoms with E-state index in [1.807, 2.05) is 19.1 Å². The molecular weight excluding hydrogens is 352 g/mol. The molecule has 0 spiro atoms. The van der Waals surface area contributed by atoms with Crippen LogP contribution >= 0.6 is 11.3 Å². The lowest BCUT2D eigenvalue weighted by molar-refractivity contribution is -0.136. The van der Waals surface area contributed by atoms with Gasteiger partial charge in [0.2, 0.25) is 0 Å². The predicted octanol–water partition coefficient (Wildman–Crippen LogP) is 3.71. The van der Waals surface area contributed by atoms with Crippen LogP contribution in [0.3, 0.4) is 0 Å². The molecule has 0 saturated carbocycles. The third-order valence-corrected chi connectivity index (χ3v) is 5.11. The van der Waals surface area contributed by atoms with Crippen LogP contribution in [0.4, 0.5) is 21.3 Å². The number of thiazole rings is 1. The van der Waals surface area contributed by atoms with Gasteiger partial charge in [0.05, 0.1) is 17.8 Å². The van der Waals surface area contributed by atoms with Crippen molar-refractivity contribution in [3.8, 4) is 0 Å². The first-order valence-electron chi connectivity index (χ1n) is 8.61. The standard InChI is InChI=1S/C18H22N4O3S/c1-12-5-6-14(15(9-12)22-7-3-2-4-8-22)20-17(25)21-18-19-11-13(26-18)10-16(23)24/h5-6,9,11H,2-4,7-8,10H2,1H3,(H,23,24)(H2,19,20,21,25). The fraction of sp³-hybridized carbons (Fsp3) is 0.389. The number of urea groups is 1. The van der Waals surface area contributed by atoms with Gasteiger partial charge in [-0.2, -0.15) is 0 Å². The van der Waals surface area contributed by atoms with Gasteiger partial charge in [-0.05, 0) is 43.9 Å². The molecular formula is C18H22N4O3S. The highest BCUT2D eigenvalue weighted by atomic mass is 32.1.